The van der Waals surface area contributed by atoms with Crippen molar-refractivity contribution < 1.29 is 17.9 Å². The van der Waals surface area contributed by atoms with Gasteiger partial charge in [-0.25, -0.2) is 13.4 Å². The van der Waals surface area contributed by atoms with E-state index >= 15 is 0 Å². The largest absolute Gasteiger partial charge is 0.494 e. The first kappa shape index (κ1) is 26.1. The number of amides is 1. The molecule has 184 valence electrons. The van der Waals surface area contributed by atoms with Crippen LogP contribution in [0.25, 0.3) is 10.2 Å². The minimum Gasteiger partial charge on any atom is -0.494 e. The van der Waals surface area contributed by atoms with Gasteiger partial charge in [0, 0.05) is 25.2 Å². The highest BCUT2D eigenvalue weighted by Crippen LogP contribution is 2.34. The molecule has 0 N–H and O–H groups in total. The molecule has 0 spiro atoms. The van der Waals surface area contributed by atoms with Crippen molar-refractivity contribution in [3.63, 3.8) is 0 Å². The maximum Gasteiger partial charge on any atom is 0.260 e. The standard InChI is InChI=1S/C24H32N4O4S2/c1-6-27(7-2)34(30,31)19-14-12-18(13-15-19)23(29)28(17-9-16-26(3)4)24-25-22-20(32-5)10-8-11-21(22)33-24/h8,10-15H,6-7,9,16-17H2,1-5H3. The highest BCUT2D eigenvalue weighted by Gasteiger charge is 2.25. The summed E-state index contributed by atoms with van der Waals surface area (Å²) in [6.45, 7) is 5.69. The first-order chi connectivity index (χ1) is 16.2. The van der Waals surface area contributed by atoms with E-state index in [1.54, 1.807) is 38.0 Å². The summed E-state index contributed by atoms with van der Waals surface area (Å²) in [5.41, 5.74) is 1.13. The van der Waals surface area contributed by atoms with Gasteiger partial charge in [-0.1, -0.05) is 31.3 Å². The number of para-hydroxylation sites is 1. The number of ether oxygens (including phenoxy) is 1. The fraction of sp³-hybridized carbons (Fsp3) is 0.417. The number of sulfonamides is 1. The SMILES string of the molecule is CCN(CC)S(=O)(=O)c1ccc(C(=O)N(CCCN(C)C)c2nc3c(OC)cccc3s2)cc1. The molecule has 3 rings (SSSR count). The number of rotatable bonds is 11. The van der Waals surface area contributed by atoms with Crippen molar-refractivity contribution in [3.05, 3.63) is 48.0 Å². The third kappa shape index (κ3) is 5.57. The van der Waals surface area contributed by atoms with Gasteiger partial charge >= 0.3 is 0 Å². The van der Waals surface area contributed by atoms with Crippen molar-refractivity contribution in [1.29, 1.82) is 0 Å². The van der Waals surface area contributed by atoms with Crippen LogP contribution in [0.2, 0.25) is 0 Å². The Labute approximate surface area is 205 Å². The van der Waals surface area contributed by atoms with Crippen LogP contribution < -0.4 is 9.64 Å². The van der Waals surface area contributed by atoms with E-state index in [4.69, 9.17) is 9.72 Å². The zero-order chi connectivity index (χ0) is 24.9. The van der Waals surface area contributed by atoms with E-state index in [1.807, 2.05) is 32.3 Å². The number of aromatic nitrogens is 1. The number of hydrogen-bond acceptors (Lipinski definition) is 7. The third-order valence-corrected chi connectivity index (χ3v) is 8.61. The number of anilines is 1. The maximum atomic E-state index is 13.5. The number of fused-ring (bicyclic) bond motifs is 1. The lowest BCUT2D eigenvalue weighted by molar-refractivity contribution is 0.0986. The fourth-order valence-electron chi connectivity index (χ4n) is 3.66. The van der Waals surface area contributed by atoms with Crippen LogP contribution in [0.3, 0.4) is 0 Å². The molecule has 8 nitrogen and oxygen atoms in total. The van der Waals surface area contributed by atoms with Crippen molar-refractivity contribution in [2.24, 2.45) is 0 Å². The minimum atomic E-state index is -3.59. The van der Waals surface area contributed by atoms with E-state index in [-0.39, 0.29) is 10.8 Å². The molecule has 2 aromatic carbocycles. The summed E-state index contributed by atoms with van der Waals surface area (Å²) in [5, 5.41) is 0.586. The van der Waals surface area contributed by atoms with Crippen molar-refractivity contribution in [1.82, 2.24) is 14.2 Å². The van der Waals surface area contributed by atoms with Gasteiger partial charge < -0.3 is 9.64 Å². The Kier molecular flexibility index (Phi) is 8.64. The van der Waals surface area contributed by atoms with Crippen LogP contribution in [0.15, 0.2) is 47.4 Å². The average molecular weight is 505 g/mol. The Morgan fingerprint density at radius 3 is 2.29 bits per heavy atom. The van der Waals surface area contributed by atoms with Gasteiger partial charge in [0.1, 0.15) is 11.3 Å². The van der Waals surface area contributed by atoms with Gasteiger partial charge in [0.2, 0.25) is 10.0 Å². The van der Waals surface area contributed by atoms with E-state index in [9.17, 15) is 13.2 Å². The second-order valence-corrected chi connectivity index (χ2v) is 11.0. The molecule has 0 aliphatic carbocycles. The Hall–Kier alpha value is -2.53. The molecule has 0 fully saturated rings. The predicted molar refractivity (Wildman–Crippen MR) is 138 cm³/mol. The van der Waals surface area contributed by atoms with Crippen LogP contribution in [0, 0.1) is 0 Å². The molecular weight excluding hydrogens is 472 g/mol. The van der Waals surface area contributed by atoms with Crippen LogP contribution in [0.5, 0.6) is 5.75 Å². The molecule has 1 heterocycles. The smallest absolute Gasteiger partial charge is 0.260 e. The van der Waals surface area contributed by atoms with Crippen molar-refractivity contribution >= 4 is 42.6 Å². The molecule has 10 heteroatoms. The lowest BCUT2D eigenvalue weighted by Gasteiger charge is -2.22. The number of benzene rings is 2. The normalized spacial score (nSPS) is 12.0. The van der Waals surface area contributed by atoms with Crippen molar-refractivity contribution in [2.45, 2.75) is 25.2 Å². The van der Waals surface area contributed by atoms with E-state index in [0.29, 0.717) is 36.1 Å². The first-order valence-electron chi connectivity index (χ1n) is 11.2. The molecule has 0 bridgehead atoms. The summed E-state index contributed by atoms with van der Waals surface area (Å²) in [6.07, 6.45) is 0.764. The third-order valence-electron chi connectivity index (χ3n) is 5.50. The monoisotopic (exact) mass is 504 g/mol. The van der Waals surface area contributed by atoms with Crippen LogP contribution in [-0.4, -0.2) is 75.9 Å². The topological polar surface area (TPSA) is 83.1 Å². The van der Waals surface area contributed by atoms with Crippen molar-refractivity contribution in [2.75, 3.05) is 52.3 Å². The van der Waals surface area contributed by atoms with Gasteiger partial charge in [-0.05, 0) is 63.5 Å². The number of carbonyl (C=O) groups excluding carboxylic acids is 1. The predicted octanol–water partition coefficient (Wildman–Crippen LogP) is 3.93. The van der Waals surface area contributed by atoms with E-state index in [1.165, 1.54) is 27.8 Å². The first-order valence-corrected chi connectivity index (χ1v) is 13.5. The molecule has 1 amide bonds. The minimum absolute atomic E-state index is 0.177. The summed E-state index contributed by atoms with van der Waals surface area (Å²) in [6, 6.07) is 11.8. The molecule has 34 heavy (non-hydrogen) atoms. The molecule has 0 atom stereocenters. The summed E-state index contributed by atoms with van der Waals surface area (Å²) in [5.74, 6) is 0.440. The molecule has 3 aromatic rings. The van der Waals surface area contributed by atoms with Crippen LogP contribution >= 0.6 is 11.3 Å². The van der Waals surface area contributed by atoms with Gasteiger partial charge in [-0.3, -0.25) is 9.69 Å². The van der Waals surface area contributed by atoms with E-state index in [0.717, 1.165) is 23.2 Å². The van der Waals surface area contributed by atoms with E-state index in [2.05, 4.69) is 4.90 Å². The van der Waals surface area contributed by atoms with E-state index < -0.39 is 10.0 Å². The van der Waals surface area contributed by atoms with Gasteiger partial charge in [-0.2, -0.15) is 4.31 Å². The highest BCUT2D eigenvalue weighted by atomic mass is 32.2. The van der Waals surface area contributed by atoms with Gasteiger partial charge in [0.05, 0.1) is 16.7 Å². The molecule has 0 saturated heterocycles. The summed E-state index contributed by atoms with van der Waals surface area (Å²) in [7, 11) is 1.99. The van der Waals surface area contributed by atoms with Crippen LogP contribution in [0.4, 0.5) is 5.13 Å². The molecule has 1 aromatic heterocycles. The zero-order valence-electron chi connectivity index (χ0n) is 20.3. The summed E-state index contributed by atoms with van der Waals surface area (Å²) < 4.78 is 33.4. The quantitative estimate of drug-likeness (QED) is 0.393. The zero-order valence-corrected chi connectivity index (χ0v) is 21.9. The van der Waals surface area contributed by atoms with Gasteiger partial charge in [0.15, 0.2) is 5.13 Å². The second-order valence-electron chi connectivity index (χ2n) is 8.03. The molecule has 0 aliphatic heterocycles. The Morgan fingerprint density at radius 2 is 1.71 bits per heavy atom. The van der Waals surface area contributed by atoms with Gasteiger partial charge in [-0.15, -0.1) is 0 Å². The van der Waals surface area contributed by atoms with Crippen molar-refractivity contribution in [3.8, 4) is 5.75 Å². The Bertz CT molecular complexity index is 1220. The number of carbonyl (C=O) groups is 1. The molecule has 0 unspecified atom stereocenters. The van der Waals surface area contributed by atoms with Crippen LogP contribution in [0.1, 0.15) is 30.6 Å². The number of hydrogen-bond donors (Lipinski definition) is 0. The molecule has 0 radical (unpaired) electrons. The molecular formula is C24H32N4O4S2. The highest BCUT2D eigenvalue weighted by molar-refractivity contribution is 7.89. The molecule has 0 aliphatic rings. The Morgan fingerprint density at radius 1 is 1.03 bits per heavy atom. The lowest BCUT2D eigenvalue weighted by atomic mass is 10.2. The van der Waals surface area contributed by atoms with Gasteiger partial charge in [0.25, 0.3) is 5.91 Å². The second kappa shape index (κ2) is 11.3. The van der Waals surface area contributed by atoms with Crippen LogP contribution in [-0.2, 0) is 10.0 Å². The lowest BCUT2D eigenvalue weighted by Crippen LogP contribution is -2.33. The number of nitrogens with zero attached hydrogens (tertiary/aromatic N) is 4. The fourth-order valence-corrected chi connectivity index (χ4v) is 6.12. The average Bonchev–Trinajstić information content (AvgIpc) is 3.26. The Balaban J connectivity index is 1.94. The number of thiazole rings is 1. The summed E-state index contributed by atoms with van der Waals surface area (Å²) >= 11 is 1.43. The summed E-state index contributed by atoms with van der Waals surface area (Å²) in [4.78, 5) is 22.2. The maximum absolute atomic E-state index is 13.5. The number of methoxy groups -OCH3 is 1. The molecule has 0 saturated carbocycles.